The van der Waals surface area contributed by atoms with E-state index in [9.17, 15) is 14.5 Å². The number of halogens is 1. The molecule has 1 fully saturated rings. The third-order valence-electron chi connectivity index (χ3n) is 7.40. The molecular formula is C30H35ClN5O5Si+. The first kappa shape index (κ1) is 29.6. The van der Waals surface area contributed by atoms with E-state index < -0.39 is 20.5 Å². The summed E-state index contributed by atoms with van der Waals surface area (Å²) >= 11 is 6.17. The third-order valence-corrected chi connectivity index (χ3v) is 9.40. The molecule has 3 aromatic carbocycles. The van der Waals surface area contributed by atoms with Crippen LogP contribution in [0.25, 0.3) is 0 Å². The minimum Gasteiger partial charge on any atom is -0.497 e. The molecular weight excluding hydrogens is 574 g/mol. The van der Waals surface area contributed by atoms with Gasteiger partial charge < -0.3 is 19.6 Å². The van der Waals surface area contributed by atoms with Crippen LogP contribution in [0, 0.1) is 4.91 Å². The van der Waals surface area contributed by atoms with Crippen LogP contribution in [0.2, 0.25) is 18.1 Å². The number of anilines is 1. The Bertz CT molecular complexity index is 1490. The number of hydrogen-bond donors (Lipinski definition) is 3. The average molecular weight is 609 g/mol. The number of methoxy groups -OCH3 is 1. The molecule has 5 rings (SSSR count). The van der Waals surface area contributed by atoms with E-state index in [2.05, 4.69) is 10.7 Å². The summed E-state index contributed by atoms with van der Waals surface area (Å²) in [5, 5.41) is 4.41. The average Bonchev–Trinajstić information content (AvgIpc) is 3.17. The fourth-order valence-electron chi connectivity index (χ4n) is 5.29. The van der Waals surface area contributed by atoms with E-state index in [-0.39, 0.29) is 31.6 Å². The number of nitroso groups, excluding NO2 is 1. The topological polar surface area (TPSA) is 116 Å². The smallest absolute Gasteiger partial charge is 0.333 e. The van der Waals surface area contributed by atoms with Crippen molar-refractivity contribution in [1.82, 2.24) is 10.7 Å². The van der Waals surface area contributed by atoms with Gasteiger partial charge in [-0.25, -0.2) is 0 Å². The zero-order chi connectivity index (χ0) is 30.0. The molecule has 42 heavy (non-hydrogen) atoms. The van der Waals surface area contributed by atoms with Crippen LogP contribution >= 0.6 is 11.6 Å². The van der Waals surface area contributed by atoms with E-state index in [1.54, 1.807) is 19.2 Å². The van der Waals surface area contributed by atoms with Crippen molar-refractivity contribution in [2.45, 2.75) is 44.8 Å². The molecule has 3 N–H and O–H groups in total. The maximum atomic E-state index is 13.2. The largest absolute Gasteiger partial charge is 0.497 e. The highest BCUT2D eigenvalue weighted by molar-refractivity contribution is 6.83. The Morgan fingerprint density at radius 1 is 1.12 bits per heavy atom. The number of fused-ring (bicyclic) bond motifs is 3. The molecule has 3 unspecified atom stereocenters. The highest BCUT2D eigenvalue weighted by atomic mass is 35.5. The lowest BCUT2D eigenvalue weighted by atomic mass is 9.99. The maximum absolute atomic E-state index is 13.2. The van der Waals surface area contributed by atoms with Gasteiger partial charge >= 0.3 is 6.17 Å². The molecule has 0 radical (unpaired) electrons. The van der Waals surface area contributed by atoms with Gasteiger partial charge in [0.25, 0.3) is 0 Å². The number of carbonyl (C=O) groups is 1. The predicted octanol–water partition coefficient (Wildman–Crippen LogP) is 3.33. The van der Waals surface area contributed by atoms with E-state index in [1.165, 1.54) is 0 Å². The minimum absolute atomic E-state index is 0.0125. The number of rotatable bonds is 9. The van der Waals surface area contributed by atoms with Gasteiger partial charge in [-0.05, 0) is 67.7 Å². The van der Waals surface area contributed by atoms with E-state index in [4.69, 9.17) is 26.1 Å². The first-order chi connectivity index (χ1) is 20.0. The van der Waals surface area contributed by atoms with E-state index in [1.807, 2.05) is 79.5 Å². The summed E-state index contributed by atoms with van der Waals surface area (Å²) in [5.74, 6) is 1.06. The van der Waals surface area contributed by atoms with Crippen LogP contribution in [0.5, 0.6) is 11.5 Å². The Kier molecular flexibility index (Phi) is 8.53. The molecule has 0 bridgehead atoms. The lowest BCUT2D eigenvalue weighted by molar-refractivity contribution is -0.622. The Morgan fingerprint density at radius 2 is 1.81 bits per heavy atom. The highest BCUT2D eigenvalue weighted by Crippen LogP contribution is 2.37. The molecule has 1 amide bonds. The summed E-state index contributed by atoms with van der Waals surface area (Å²) in [4.78, 5) is 44.4. The monoisotopic (exact) mass is 608 g/mol. The van der Waals surface area contributed by atoms with Crippen molar-refractivity contribution in [1.29, 1.82) is 0 Å². The third kappa shape index (κ3) is 6.28. The molecule has 2 heterocycles. The van der Waals surface area contributed by atoms with Crippen molar-refractivity contribution in [2.24, 2.45) is 4.99 Å². The lowest BCUT2D eigenvalue weighted by Crippen LogP contribution is -2.46. The Hall–Kier alpha value is -3.93. The predicted molar refractivity (Wildman–Crippen MR) is 165 cm³/mol. The molecule has 0 spiro atoms. The number of ether oxygens (including phenoxy) is 2. The molecule has 2 aliphatic heterocycles. The van der Waals surface area contributed by atoms with E-state index in [0.717, 1.165) is 26.9 Å². The van der Waals surface area contributed by atoms with Crippen LogP contribution in [0.3, 0.4) is 0 Å². The van der Waals surface area contributed by atoms with Gasteiger partial charge in [-0.2, -0.15) is 0 Å². The summed E-state index contributed by atoms with van der Waals surface area (Å²) < 4.78 is 11.3. The second-order valence-corrected chi connectivity index (χ2v) is 15.0. The van der Waals surface area contributed by atoms with Crippen molar-refractivity contribution in [2.75, 3.05) is 25.2 Å². The highest BCUT2D eigenvalue weighted by Gasteiger charge is 2.53. The Labute approximate surface area is 251 Å². The van der Waals surface area contributed by atoms with Crippen LogP contribution in [0.1, 0.15) is 24.5 Å². The second-order valence-electron chi connectivity index (χ2n) is 10.9. The molecule has 0 saturated carbocycles. The molecule has 12 heteroatoms. The van der Waals surface area contributed by atoms with Crippen molar-refractivity contribution in [3.63, 3.8) is 0 Å². The molecule has 3 atom stereocenters. The number of benzene rings is 3. The van der Waals surface area contributed by atoms with Crippen molar-refractivity contribution in [3.8, 4) is 11.5 Å². The van der Waals surface area contributed by atoms with Gasteiger partial charge in [-0.15, -0.1) is 5.43 Å². The number of hydrazine groups is 1. The van der Waals surface area contributed by atoms with E-state index >= 15 is 0 Å². The van der Waals surface area contributed by atoms with Gasteiger partial charge in [0.05, 0.1) is 36.4 Å². The van der Waals surface area contributed by atoms with Gasteiger partial charge in [0, 0.05) is 16.1 Å². The van der Waals surface area contributed by atoms with Crippen molar-refractivity contribution in [3.05, 3.63) is 87.8 Å². The van der Waals surface area contributed by atoms with Gasteiger partial charge in [0.1, 0.15) is 29.0 Å². The quantitative estimate of drug-likeness (QED) is 0.194. The van der Waals surface area contributed by atoms with Crippen LogP contribution in [0.4, 0.5) is 5.69 Å². The molecule has 1 saturated heterocycles. The SMILES string of the molecule is COc1ccc2c(c1)C(c1ccc(Cl)cc1)=NC(CC(=O)NCCOc1ccc([Si](C)(C)O)cc1)C1N2C(C)N[N+]1=O. The fourth-order valence-corrected chi connectivity index (χ4v) is 6.39. The van der Waals surface area contributed by atoms with Gasteiger partial charge in [0.15, 0.2) is 6.17 Å². The lowest BCUT2D eigenvalue weighted by Gasteiger charge is -2.24. The fraction of sp³-hybridized carbons (Fsp3) is 0.333. The standard InChI is InChI=1S/C30H34ClN5O5Si/c1-19-34-36(38)30-26(18-28(37)32-15-16-41-22-9-12-24(13-10-22)42(3,4)39)33-29(20-5-7-21(31)8-6-20)25-17-23(40-2)11-14-27(25)35(19)30/h5-14,17,19,26,30,39H,15-16,18H2,1-4H3,(H-,32,34,37,38)/p+1. The minimum atomic E-state index is -2.38. The number of nitrogens with one attached hydrogen (secondary N) is 2. The molecule has 220 valence electrons. The molecule has 2 aliphatic rings. The van der Waals surface area contributed by atoms with Crippen LogP contribution in [0.15, 0.2) is 71.7 Å². The Morgan fingerprint density at radius 3 is 2.48 bits per heavy atom. The van der Waals surface area contributed by atoms with E-state index in [0.29, 0.717) is 22.2 Å². The zero-order valence-corrected chi connectivity index (χ0v) is 25.8. The summed E-state index contributed by atoms with van der Waals surface area (Å²) in [6.07, 6.45) is -1.10. The summed E-state index contributed by atoms with van der Waals surface area (Å²) in [6, 6.07) is 19.7. The number of hydrogen-bond acceptors (Lipinski definition) is 7. The molecule has 0 aliphatic carbocycles. The summed E-state index contributed by atoms with van der Waals surface area (Å²) in [7, 11) is -0.777. The van der Waals surface area contributed by atoms with Crippen LogP contribution in [-0.2, 0) is 4.79 Å². The molecule has 10 nitrogen and oxygen atoms in total. The van der Waals surface area contributed by atoms with Crippen LogP contribution in [-0.4, -0.2) is 68.2 Å². The van der Waals surface area contributed by atoms with Gasteiger partial charge in [-0.1, -0.05) is 35.9 Å². The zero-order valence-electron chi connectivity index (χ0n) is 24.0. The van der Waals surface area contributed by atoms with Gasteiger partial charge in [-0.3, -0.25) is 14.7 Å². The molecule has 0 aromatic heterocycles. The summed E-state index contributed by atoms with van der Waals surface area (Å²) in [6.45, 7) is 6.17. The van der Waals surface area contributed by atoms with Crippen molar-refractivity contribution < 1.29 is 23.9 Å². The summed E-state index contributed by atoms with van der Waals surface area (Å²) in [5.41, 5.74) is 5.98. The molecule has 3 aromatic rings. The van der Waals surface area contributed by atoms with Gasteiger partial charge in [0.2, 0.25) is 14.2 Å². The number of nitrogens with zero attached hydrogens (tertiary/aromatic N) is 3. The first-order valence-electron chi connectivity index (χ1n) is 13.8. The van der Waals surface area contributed by atoms with Crippen molar-refractivity contribution >= 4 is 42.4 Å². The maximum Gasteiger partial charge on any atom is 0.333 e. The number of carbonyl (C=O) groups excluding carboxylic acids is 1. The first-order valence-corrected chi connectivity index (χ1v) is 17.1. The number of aliphatic imine (C=N–C) groups is 1. The Balaban J connectivity index is 1.36. The van der Waals surface area contributed by atoms with Crippen LogP contribution < -0.4 is 30.3 Å². The second kappa shape index (κ2) is 12.1. The number of amides is 1. The normalized spacial score (nSPS) is 19.7.